The lowest BCUT2D eigenvalue weighted by molar-refractivity contribution is 0.0571. The summed E-state index contributed by atoms with van der Waals surface area (Å²) in [6.07, 6.45) is 9.49. The highest BCUT2D eigenvalue weighted by Crippen LogP contribution is 2.38. The van der Waals surface area contributed by atoms with Gasteiger partial charge < -0.3 is 15.2 Å². The highest BCUT2D eigenvalue weighted by Gasteiger charge is 2.38. The van der Waals surface area contributed by atoms with Crippen LogP contribution in [0.25, 0.3) is 0 Å². The zero-order chi connectivity index (χ0) is 19.2. The number of methoxy groups -OCH3 is 2. The summed E-state index contributed by atoms with van der Waals surface area (Å²) in [4.78, 5) is 2.37. The van der Waals surface area contributed by atoms with E-state index in [2.05, 4.69) is 31.5 Å². The first-order valence-electron chi connectivity index (χ1n) is 9.81. The Hall–Kier alpha value is -1.52. The Morgan fingerprint density at radius 1 is 1.31 bits per heavy atom. The first kappa shape index (κ1) is 20.8. The van der Waals surface area contributed by atoms with E-state index in [1.165, 1.54) is 24.0 Å². The molecule has 0 saturated carbocycles. The van der Waals surface area contributed by atoms with Crippen molar-refractivity contribution in [1.29, 1.82) is 0 Å². The first-order valence-corrected chi connectivity index (χ1v) is 9.81. The normalized spacial score (nSPS) is 22.0. The summed E-state index contributed by atoms with van der Waals surface area (Å²) in [6.45, 7) is 7.11. The zero-order valence-corrected chi connectivity index (χ0v) is 17.0. The SMILES string of the molecule is C=CCCCC[C@@H](C)[C@@]1(N)Cc2ccc(OC)c(OC)c2CCCN1C. The number of rotatable bonds is 8. The quantitative estimate of drug-likeness (QED) is 0.558. The minimum absolute atomic E-state index is 0.344. The molecule has 1 aromatic rings. The zero-order valence-electron chi connectivity index (χ0n) is 17.0. The lowest BCUT2D eigenvalue weighted by Gasteiger charge is -2.45. The van der Waals surface area contributed by atoms with E-state index in [1.807, 2.05) is 12.1 Å². The van der Waals surface area contributed by atoms with E-state index in [0.717, 1.165) is 50.1 Å². The molecule has 0 saturated heterocycles. The van der Waals surface area contributed by atoms with Crippen molar-refractivity contribution in [2.24, 2.45) is 11.7 Å². The predicted molar refractivity (Wildman–Crippen MR) is 109 cm³/mol. The maximum atomic E-state index is 7.04. The van der Waals surface area contributed by atoms with Gasteiger partial charge in [-0.25, -0.2) is 0 Å². The van der Waals surface area contributed by atoms with Crippen LogP contribution in [0, 0.1) is 5.92 Å². The molecule has 0 amide bonds. The fourth-order valence-electron chi connectivity index (χ4n) is 4.15. The number of fused-ring (bicyclic) bond motifs is 1. The molecular weight excluding hydrogens is 324 g/mol. The molecule has 0 bridgehead atoms. The molecule has 1 aliphatic rings. The highest BCUT2D eigenvalue weighted by molar-refractivity contribution is 5.51. The number of likely N-dealkylation sites (N-methyl/N-ethyl adjacent to an activating group) is 1. The Morgan fingerprint density at radius 2 is 2.08 bits per heavy atom. The van der Waals surface area contributed by atoms with Crippen molar-refractivity contribution in [3.8, 4) is 11.5 Å². The summed E-state index contributed by atoms with van der Waals surface area (Å²) in [5.41, 5.74) is 9.24. The van der Waals surface area contributed by atoms with Crippen molar-refractivity contribution in [3.63, 3.8) is 0 Å². The number of allylic oxidation sites excluding steroid dienone is 1. The average Bonchev–Trinajstić information content (AvgIpc) is 2.64. The first-order chi connectivity index (χ1) is 12.5. The molecule has 0 spiro atoms. The van der Waals surface area contributed by atoms with Gasteiger partial charge in [-0.15, -0.1) is 6.58 Å². The predicted octanol–water partition coefficient (Wildman–Crippen LogP) is 4.16. The summed E-state index contributed by atoms with van der Waals surface area (Å²) in [5.74, 6) is 2.09. The van der Waals surface area contributed by atoms with Gasteiger partial charge in [0.2, 0.25) is 0 Å². The van der Waals surface area contributed by atoms with Gasteiger partial charge in [0.25, 0.3) is 0 Å². The molecule has 0 fully saturated rings. The van der Waals surface area contributed by atoms with Crippen LogP contribution in [0.4, 0.5) is 0 Å². The van der Waals surface area contributed by atoms with Crippen molar-refractivity contribution < 1.29 is 9.47 Å². The second-order valence-electron chi connectivity index (χ2n) is 7.61. The molecule has 2 rings (SSSR count). The monoisotopic (exact) mass is 360 g/mol. The molecule has 0 radical (unpaired) electrons. The summed E-state index contributed by atoms with van der Waals surface area (Å²) in [5, 5.41) is 0. The summed E-state index contributed by atoms with van der Waals surface area (Å²) in [7, 11) is 5.59. The average molecular weight is 361 g/mol. The Balaban J connectivity index is 2.29. The topological polar surface area (TPSA) is 47.7 Å². The molecule has 0 unspecified atom stereocenters. The van der Waals surface area contributed by atoms with Crippen LogP contribution in [0.3, 0.4) is 0 Å². The van der Waals surface area contributed by atoms with Crippen LogP contribution in [-0.2, 0) is 12.8 Å². The van der Waals surface area contributed by atoms with Gasteiger partial charge in [0, 0.05) is 12.0 Å². The van der Waals surface area contributed by atoms with Crippen LogP contribution in [0.15, 0.2) is 24.8 Å². The molecule has 0 aliphatic carbocycles. The maximum Gasteiger partial charge on any atom is 0.164 e. The number of nitrogens with two attached hydrogens (primary N) is 1. The van der Waals surface area contributed by atoms with Crippen molar-refractivity contribution >= 4 is 0 Å². The van der Waals surface area contributed by atoms with E-state index in [4.69, 9.17) is 15.2 Å². The molecule has 2 atom stereocenters. The van der Waals surface area contributed by atoms with Crippen LogP contribution in [0.2, 0.25) is 0 Å². The van der Waals surface area contributed by atoms with Crippen LogP contribution in [0.1, 0.15) is 50.2 Å². The van der Waals surface area contributed by atoms with Gasteiger partial charge >= 0.3 is 0 Å². The van der Waals surface area contributed by atoms with Crippen molar-refractivity contribution in [1.82, 2.24) is 4.90 Å². The third kappa shape index (κ3) is 4.41. The van der Waals surface area contributed by atoms with Crippen LogP contribution in [0.5, 0.6) is 11.5 Å². The van der Waals surface area contributed by atoms with E-state index in [1.54, 1.807) is 14.2 Å². The smallest absolute Gasteiger partial charge is 0.164 e. The molecule has 1 heterocycles. The molecule has 26 heavy (non-hydrogen) atoms. The third-order valence-corrected chi connectivity index (χ3v) is 6.00. The minimum atomic E-state index is -0.344. The Morgan fingerprint density at radius 3 is 2.73 bits per heavy atom. The van der Waals surface area contributed by atoms with E-state index in [9.17, 15) is 0 Å². The fourth-order valence-corrected chi connectivity index (χ4v) is 4.15. The number of benzene rings is 1. The van der Waals surface area contributed by atoms with Gasteiger partial charge in [0.15, 0.2) is 11.5 Å². The number of ether oxygens (including phenoxy) is 2. The van der Waals surface area contributed by atoms with Gasteiger partial charge in [-0.2, -0.15) is 0 Å². The summed E-state index contributed by atoms with van der Waals surface area (Å²) < 4.78 is 11.2. The molecule has 4 nitrogen and oxygen atoms in total. The highest BCUT2D eigenvalue weighted by atomic mass is 16.5. The second-order valence-corrected chi connectivity index (χ2v) is 7.61. The largest absolute Gasteiger partial charge is 0.493 e. The Bertz CT molecular complexity index is 602. The molecular formula is C22H36N2O2. The van der Waals surface area contributed by atoms with Crippen molar-refractivity contribution in [3.05, 3.63) is 35.9 Å². The second kappa shape index (κ2) is 9.43. The number of hydrogen-bond acceptors (Lipinski definition) is 4. The maximum absolute atomic E-state index is 7.04. The van der Waals surface area contributed by atoms with E-state index in [-0.39, 0.29) is 5.66 Å². The van der Waals surface area contributed by atoms with E-state index in [0.29, 0.717) is 5.92 Å². The molecule has 4 heteroatoms. The fraction of sp³-hybridized carbons (Fsp3) is 0.636. The van der Waals surface area contributed by atoms with Gasteiger partial charge in [-0.3, -0.25) is 4.90 Å². The van der Waals surface area contributed by atoms with Gasteiger partial charge in [0.1, 0.15) is 0 Å². The van der Waals surface area contributed by atoms with Gasteiger partial charge in [0.05, 0.1) is 19.9 Å². The summed E-state index contributed by atoms with van der Waals surface area (Å²) >= 11 is 0. The molecule has 146 valence electrons. The Kier molecular flexibility index (Phi) is 7.54. The van der Waals surface area contributed by atoms with Gasteiger partial charge in [-0.05, 0) is 63.2 Å². The molecule has 1 aromatic carbocycles. The lowest BCUT2D eigenvalue weighted by Crippen LogP contribution is -2.61. The van der Waals surface area contributed by atoms with Gasteiger partial charge in [-0.1, -0.05) is 25.5 Å². The number of nitrogens with zero attached hydrogens (tertiary/aromatic N) is 1. The molecule has 2 N–H and O–H groups in total. The van der Waals surface area contributed by atoms with Crippen LogP contribution < -0.4 is 15.2 Å². The number of unbranched alkanes of at least 4 members (excludes halogenated alkanes) is 2. The standard InChI is InChI=1S/C22H36N2O2/c1-6-7-8-9-11-17(2)22(23)16-18-13-14-20(25-4)21(26-5)19(18)12-10-15-24(22)3/h6,13-14,17H,1,7-12,15-16,23H2,2-5H3/t17-,22-/m1/s1. The Labute approximate surface area is 159 Å². The van der Waals surface area contributed by atoms with Crippen LogP contribution in [-0.4, -0.2) is 38.4 Å². The van der Waals surface area contributed by atoms with E-state index >= 15 is 0 Å². The molecule has 0 aromatic heterocycles. The summed E-state index contributed by atoms with van der Waals surface area (Å²) in [6, 6.07) is 4.18. The van der Waals surface area contributed by atoms with Crippen molar-refractivity contribution in [2.45, 2.75) is 57.5 Å². The van der Waals surface area contributed by atoms with E-state index < -0.39 is 0 Å². The number of hydrogen-bond donors (Lipinski definition) is 1. The van der Waals surface area contributed by atoms with Crippen molar-refractivity contribution in [2.75, 3.05) is 27.8 Å². The van der Waals surface area contributed by atoms with Crippen LogP contribution >= 0.6 is 0 Å². The minimum Gasteiger partial charge on any atom is -0.493 e. The molecule has 1 aliphatic heterocycles. The third-order valence-electron chi connectivity index (χ3n) is 6.00. The lowest BCUT2D eigenvalue weighted by atomic mass is 9.80.